The molecule has 0 aromatic heterocycles. The number of rotatable bonds is 5. The van der Waals surface area contributed by atoms with Crippen LogP contribution in [0.3, 0.4) is 0 Å². The summed E-state index contributed by atoms with van der Waals surface area (Å²) in [5.41, 5.74) is 9.10. The SMILES string of the molecule is CCN(c1cccc(C)c1)C1(CN)CCC(C(C)C)CC1. The van der Waals surface area contributed by atoms with E-state index in [9.17, 15) is 0 Å². The molecular weight excluding hydrogens is 256 g/mol. The van der Waals surface area contributed by atoms with E-state index >= 15 is 0 Å². The minimum Gasteiger partial charge on any atom is -0.365 e. The first-order valence-corrected chi connectivity index (χ1v) is 8.57. The number of nitrogens with two attached hydrogens (primary N) is 1. The molecule has 0 radical (unpaired) electrons. The summed E-state index contributed by atoms with van der Waals surface area (Å²) in [6.45, 7) is 10.9. The van der Waals surface area contributed by atoms with Gasteiger partial charge < -0.3 is 10.6 Å². The van der Waals surface area contributed by atoms with E-state index in [1.165, 1.54) is 36.9 Å². The van der Waals surface area contributed by atoms with E-state index in [0.29, 0.717) is 0 Å². The van der Waals surface area contributed by atoms with Gasteiger partial charge in [0.2, 0.25) is 0 Å². The summed E-state index contributed by atoms with van der Waals surface area (Å²) in [7, 11) is 0. The Bertz CT molecular complexity index is 445. The van der Waals surface area contributed by atoms with E-state index in [-0.39, 0.29) is 5.54 Å². The fourth-order valence-electron chi connectivity index (χ4n) is 4.02. The molecule has 1 aliphatic carbocycles. The minimum atomic E-state index is 0.161. The fourth-order valence-corrected chi connectivity index (χ4v) is 4.02. The lowest BCUT2D eigenvalue weighted by molar-refractivity contribution is 0.191. The number of likely N-dealkylation sites (N-methyl/N-ethyl adjacent to an activating group) is 1. The number of hydrogen-bond donors (Lipinski definition) is 1. The van der Waals surface area contributed by atoms with Gasteiger partial charge in [0.15, 0.2) is 0 Å². The van der Waals surface area contributed by atoms with Crippen molar-refractivity contribution in [3.63, 3.8) is 0 Å². The highest BCUT2D eigenvalue weighted by Crippen LogP contribution is 2.40. The maximum Gasteiger partial charge on any atom is 0.0524 e. The van der Waals surface area contributed by atoms with E-state index in [1.807, 2.05) is 0 Å². The third-order valence-electron chi connectivity index (χ3n) is 5.49. The van der Waals surface area contributed by atoms with Crippen LogP contribution in [-0.2, 0) is 0 Å². The molecule has 0 atom stereocenters. The van der Waals surface area contributed by atoms with Crippen molar-refractivity contribution in [2.45, 2.75) is 58.9 Å². The van der Waals surface area contributed by atoms with Crippen molar-refractivity contribution in [1.29, 1.82) is 0 Å². The molecule has 2 nitrogen and oxygen atoms in total. The molecule has 2 heteroatoms. The summed E-state index contributed by atoms with van der Waals surface area (Å²) in [5.74, 6) is 1.68. The normalized spacial score (nSPS) is 26.1. The molecule has 0 aliphatic heterocycles. The summed E-state index contributed by atoms with van der Waals surface area (Å²) in [6.07, 6.45) is 5.09. The monoisotopic (exact) mass is 288 g/mol. The average Bonchev–Trinajstić information content (AvgIpc) is 2.48. The van der Waals surface area contributed by atoms with Crippen molar-refractivity contribution in [3.05, 3.63) is 29.8 Å². The Morgan fingerprint density at radius 3 is 2.43 bits per heavy atom. The van der Waals surface area contributed by atoms with Crippen molar-refractivity contribution in [1.82, 2.24) is 0 Å². The van der Waals surface area contributed by atoms with Crippen LogP contribution in [0.4, 0.5) is 5.69 Å². The number of nitrogens with zero attached hydrogens (tertiary/aromatic N) is 1. The maximum absolute atomic E-state index is 6.27. The molecule has 0 unspecified atom stereocenters. The highest BCUT2D eigenvalue weighted by atomic mass is 15.2. The maximum atomic E-state index is 6.27. The molecule has 1 saturated carbocycles. The molecule has 1 aromatic rings. The molecule has 0 saturated heterocycles. The Morgan fingerprint density at radius 2 is 1.95 bits per heavy atom. The Morgan fingerprint density at radius 1 is 1.29 bits per heavy atom. The molecule has 0 bridgehead atoms. The van der Waals surface area contributed by atoms with Crippen LogP contribution in [0.1, 0.15) is 52.0 Å². The smallest absolute Gasteiger partial charge is 0.0524 e. The highest BCUT2D eigenvalue weighted by Gasteiger charge is 2.39. The second-order valence-corrected chi connectivity index (χ2v) is 7.09. The summed E-state index contributed by atoms with van der Waals surface area (Å²) in [5, 5.41) is 0. The third-order valence-corrected chi connectivity index (χ3v) is 5.49. The van der Waals surface area contributed by atoms with Gasteiger partial charge in [-0.3, -0.25) is 0 Å². The van der Waals surface area contributed by atoms with Gasteiger partial charge >= 0.3 is 0 Å². The van der Waals surface area contributed by atoms with Crippen molar-refractivity contribution in [2.24, 2.45) is 17.6 Å². The second-order valence-electron chi connectivity index (χ2n) is 7.09. The van der Waals surface area contributed by atoms with Crippen molar-refractivity contribution < 1.29 is 0 Å². The van der Waals surface area contributed by atoms with E-state index in [4.69, 9.17) is 5.73 Å². The van der Waals surface area contributed by atoms with Gasteiger partial charge in [0.1, 0.15) is 0 Å². The molecule has 1 aromatic carbocycles. The molecule has 0 heterocycles. The van der Waals surface area contributed by atoms with Gasteiger partial charge in [0, 0.05) is 18.8 Å². The number of anilines is 1. The largest absolute Gasteiger partial charge is 0.365 e. The van der Waals surface area contributed by atoms with E-state index in [0.717, 1.165) is 24.9 Å². The van der Waals surface area contributed by atoms with Crippen molar-refractivity contribution in [2.75, 3.05) is 18.0 Å². The van der Waals surface area contributed by atoms with Crippen LogP contribution in [0.2, 0.25) is 0 Å². The Labute approximate surface area is 130 Å². The third kappa shape index (κ3) is 3.42. The Kier molecular flexibility index (Phi) is 5.32. The van der Waals surface area contributed by atoms with Crippen LogP contribution in [0.15, 0.2) is 24.3 Å². The van der Waals surface area contributed by atoms with Gasteiger partial charge in [-0.25, -0.2) is 0 Å². The van der Waals surface area contributed by atoms with E-state index in [1.54, 1.807) is 0 Å². The summed E-state index contributed by atoms with van der Waals surface area (Å²) >= 11 is 0. The van der Waals surface area contributed by atoms with Crippen molar-refractivity contribution in [3.8, 4) is 0 Å². The van der Waals surface area contributed by atoms with Gasteiger partial charge in [-0.15, -0.1) is 0 Å². The Hall–Kier alpha value is -1.02. The predicted molar refractivity (Wildman–Crippen MR) is 92.8 cm³/mol. The first-order chi connectivity index (χ1) is 10.0. The van der Waals surface area contributed by atoms with Crippen LogP contribution in [0.25, 0.3) is 0 Å². The zero-order chi connectivity index (χ0) is 15.5. The lowest BCUT2D eigenvalue weighted by Gasteiger charge is -2.49. The van der Waals surface area contributed by atoms with Crippen molar-refractivity contribution >= 4 is 5.69 Å². The van der Waals surface area contributed by atoms with Crippen LogP contribution < -0.4 is 10.6 Å². The van der Waals surface area contributed by atoms with Gasteiger partial charge in [-0.2, -0.15) is 0 Å². The molecule has 2 rings (SSSR count). The predicted octanol–water partition coefficient (Wildman–Crippen LogP) is 4.37. The molecule has 0 amide bonds. The summed E-state index contributed by atoms with van der Waals surface area (Å²) < 4.78 is 0. The topological polar surface area (TPSA) is 29.3 Å². The molecule has 1 fully saturated rings. The standard InChI is InChI=1S/C19H32N2/c1-5-21(18-8-6-7-16(4)13-18)19(14-20)11-9-17(10-12-19)15(2)3/h6-8,13,15,17H,5,9-12,14,20H2,1-4H3. The number of aryl methyl sites for hydroxylation is 1. The first kappa shape index (κ1) is 16.4. The zero-order valence-electron chi connectivity index (χ0n) is 14.2. The Balaban J connectivity index is 2.22. The summed E-state index contributed by atoms with van der Waals surface area (Å²) in [4.78, 5) is 2.57. The van der Waals surface area contributed by atoms with Gasteiger partial charge in [-0.05, 0) is 69.1 Å². The molecule has 2 N–H and O–H groups in total. The average molecular weight is 288 g/mol. The number of benzene rings is 1. The van der Waals surface area contributed by atoms with Gasteiger partial charge in [0.05, 0.1) is 5.54 Å². The van der Waals surface area contributed by atoms with Crippen LogP contribution in [-0.4, -0.2) is 18.6 Å². The van der Waals surface area contributed by atoms with Crippen LogP contribution in [0.5, 0.6) is 0 Å². The highest BCUT2D eigenvalue weighted by molar-refractivity contribution is 5.51. The van der Waals surface area contributed by atoms with Crippen LogP contribution in [0, 0.1) is 18.8 Å². The van der Waals surface area contributed by atoms with Gasteiger partial charge in [0.25, 0.3) is 0 Å². The fraction of sp³-hybridized carbons (Fsp3) is 0.684. The molecular formula is C19H32N2. The minimum absolute atomic E-state index is 0.161. The number of hydrogen-bond acceptors (Lipinski definition) is 2. The van der Waals surface area contributed by atoms with Gasteiger partial charge in [-0.1, -0.05) is 26.0 Å². The summed E-state index contributed by atoms with van der Waals surface area (Å²) in [6, 6.07) is 8.87. The molecule has 118 valence electrons. The van der Waals surface area contributed by atoms with Crippen LogP contribution >= 0.6 is 0 Å². The lowest BCUT2D eigenvalue weighted by atomic mass is 9.72. The molecule has 21 heavy (non-hydrogen) atoms. The second kappa shape index (κ2) is 6.83. The molecule has 1 aliphatic rings. The zero-order valence-corrected chi connectivity index (χ0v) is 14.2. The first-order valence-electron chi connectivity index (χ1n) is 8.57. The van der Waals surface area contributed by atoms with E-state index in [2.05, 4.69) is 56.9 Å². The molecule has 0 spiro atoms. The lowest BCUT2D eigenvalue weighted by Crippen LogP contribution is -2.56. The quantitative estimate of drug-likeness (QED) is 0.872. The van der Waals surface area contributed by atoms with E-state index < -0.39 is 0 Å².